The average molecular weight is 338 g/mol. The second kappa shape index (κ2) is 6.84. The first-order valence-corrected chi connectivity index (χ1v) is 9.15. The molecule has 0 radical (unpaired) electrons. The maximum Gasteiger partial charge on any atom is 0.264 e. The van der Waals surface area contributed by atoms with E-state index in [9.17, 15) is 8.42 Å². The highest BCUT2D eigenvalue weighted by Crippen LogP contribution is 2.25. The van der Waals surface area contributed by atoms with E-state index >= 15 is 0 Å². The molecule has 0 saturated carbocycles. The van der Waals surface area contributed by atoms with Crippen LogP contribution < -0.4 is 4.31 Å². The number of anilines is 1. The molecule has 1 aromatic heterocycles. The van der Waals surface area contributed by atoms with E-state index in [0.29, 0.717) is 12.2 Å². The predicted octanol–water partition coefficient (Wildman–Crippen LogP) is 3.96. The molecule has 0 aliphatic rings. The van der Waals surface area contributed by atoms with E-state index < -0.39 is 10.0 Å². The van der Waals surface area contributed by atoms with Crippen molar-refractivity contribution in [1.82, 2.24) is 4.98 Å². The topological polar surface area (TPSA) is 50.3 Å². The summed E-state index contributed by atoms with van der Waals surface area (Å²) in [5, 5.41) is 0. The van der Waals surface area contributed by atoms with Crippen LogP contribution in [0.4, 0.5) is 5.69 Å². The number of hydrogen-bond acceptors (Lipinski definition) is 3. The molecule has 4 nitrogen and oxygen atoms in total. The predicted molar refractivity (Wildman–Crippen MR) is 96.3 cm³/mol. The lowest BCUT2D eigenvalue weighted by Gasteiger charge is -2.22. The van der Waals surface area contributed by atoms with Gasteiger partial charge in [-0.15, -0.1) is 0 Å². The smallest absolute Gasteiger partial charge is 0.264 e. The van der Waals surface area contributed by atoms with E-state index in [1.807, 2.05) is 49.4 Å². The van der Waals surface area contributed by atoms with Crippen molar-refractivity contribution >= 4 is 15.7 Å². The fraction of sp³-hybridized carbons (Fsp3) is 0.105. The van der Waals surface area contributed by atoms with Gasteiger partial charge < -0.3 is 0 Å². The minimum absolute atomic E-state index is 0.271. The van der Waals surface area contributed by atoms with Crippen LogP contribution in [0.2, 0.25) is 0 Å². The zero-order valence-electron chi connectivity index (χ0n) is 13.3. The lowest BCUT2D eigenvalue weighted by Crippen LogP contribution is -2.30. The van der Waals surface area contributed by atoms with Gasteiger partial charge in [0.05, 0.1) is 16.8 Å². The van der Waals surface area contributed by atoms with Crippen LogP contribution in [0.3, 0.4) is 0 Å². The van der Waals surface area contributed by atoms with Crippen molar-refractivity contribution in [2.75, 3.05) is 10.8 Å². The standard InChI is InChI=1S/C19H18N2O2S/c1-2-21(18-9-6-14-20-15-18)24(22,23)19-12-10-17(11-13-19)16-7-4-3-5-8-16/h3-15H,2H2,1H3. The highest BCUT2D eigenvalue weighted by atomic mass is 32.2. The molecule has 0 unspecified atom stereocenters. The number of rotatable bonds is 5. The summed E-state index contributed by atoms with van der Waals surface area (Å²) in [6.45, 7) is 2.15. The second-order valence-electron chi connectivity index (χ2n) is 5.27. The van der Waals surface area contributed by atoms with Crippen molar-refractivity contribution in [3.63, 3.8) is 0 Å². The molecule has 3 rings (SSSR count). The molecule has 2 aromatic carbocycles. The van der Waals surface area contributed by atoms with Gasteiger partial charge in [-0.25, -0.2) is 8.42 Å². The quantitative estimate of drug-likeness (QED) is 0.707. The Labute approximate surface area is 142 Å². The molecule has 0 N–H and O–H groups in total. The number of benzene rings is 2. The van der Waals surface area contributed by atoms with E-state index in [-0.39, 0.29) is 4.90 Å². The fourth-order valence-electron chi connectivity index (χ4n) is 2.57. The van der Waals surface area contributed by atoms with Gasteiger partial charge in [0.2, 0.25) is 0 Å². The molecule has 1 heterocycles. The van der Waals surface area contributed by atoms with Gasteiger partial charge in [0, 0.05) is 12.7 Å². The summed E-state index contributed by atoms with van der Waals surface area (Å²) in [6, 6.07) is 20.3. The van der Waals surface area contributed by atoms with Crippen molar-refractivity contribution in [3.05, 3.63) is 79.1 Å². The van der Waals surface area contributed by atoms with Crippen molar-refractivity contribution < 1.29 is 8.42 Å². The summed E-state index contributed by atoms with van der Waals surface area (Å²) >= 11 is 0. The third-order valence-corrected chi connectivity index (χ3v) is 5.69. The third-order valence-electron chi connectivity index (χ3n) is 3.77. The summed E-state index contributed by atoms with van der Waals surface area (Å²) < 4.78 is 27.2. The Kier molecular flexibility index (Phi) is 4.62. The van der Waals surface area contributed by atoms with Crippen molar-refractivity contribution in [2.24, 2.45) is 0 Å². The highest BCUT2D eigenvalue weighted by molar-refractivity contribution is 7.92. The summed E-state index contributed by atoms with van der Waals surface area (Å²) in [5.74, 6) is 0. The Morgan fingerprint density at radius 1 is 0.875 bits per heavy atom. The average Bonchev–Trinajstić information content (AvgIpc) is 2.64. The zero-order chi connectivity index (χ0) is 17.0. The summed E-state index contributed by atoms with van der Waals surface area (Å²) in [6.07, 6.45) is 3.18. The second-order valence-corrected chi connectivity index (χ2v) is 7.13. The van der Waals surface area contributed by atoms with Crippen molar-refractivity contribution in [1.29, 1.82) is 0 Å². The van der Waals surface area contributed by atoms with Gasteiger partial charge >= 0.3 is 0 Å². The molecule has 0 amide bonds. The lowest BCUT2D eigenvalue weighted by molar-refractivity contribution is 0.592. The van der Waals surface area contributed by atoms with Crippen LogP contribution in [-0.4, -0.2) is 19.9 Å². The monoisotopic (exact) mass is 338 g/mol. The van der Waals surface area contributed by atoms with Crippen molar-refractivity contribution in [3.8, 4) is 11.1 Å². The fourth-order valence-corrected chi connectivity index (χ4v) is 4.03. The van der Waals surface area contributed by atoms with Crippen LogP contribution in [0, 0.1) is 0 Å². The lowest BCUT2D eigenvalue weighted by atomic mass is 10.1. The first-order valence-electron chi connectivity index (χ1n) is 7.71. The van der Waals surface area contributed by atoms with Gasteiger partial charge in [-0.3, -0.25) is 9.29 Å². The summed E-state index contributed by atoms with van der Waals surface area (Å²) in [7, 11) is -3.61. The van der Waals surface area contributed by atoms with Gasteiger partial charge in [0.1, 0.15) is 0 Å². The maximum atomic E-state index is 12.9. The first-order chi connectivity index (χ1) is 11.6. The summed E-state index contributed by atoms with van der Waals surface area (Å²) in [5.41, 5.74) is 2.60. The van der Waals surface area contributed by atoms with E-state index in [4.69, 9.17) is 0 Å². The van der Waals surface area contributed by atoms with Crippen LogP contribution in [-0.2, 0) is 10.0 Å². The van der Waals surface area contributed by atoms with E-state index in [1.54, 1.807) is 36.7 Å². The Morgan fingerprint density at radius 3 is 2.12 bits per heavy atom. The number of pyridine rings is 1. The molecule has 0 spiro atoms. The van der Waals surface area contributed by atoms with Gasteiger partial charge in [-0.2, -0.15) is 0 Å². The Morgan fingerprint density at radius 2 is 1.54 bits per heavy atom. The zero-order valence-corrected chi connectivity index (χ0v) is 14.1. The molecule has 0 saturated heterocycles. The summed E-state index contributed by atoms with van der Waals surface area (Å²) in [4.78, 5) is 4.28. The molecular weight excluding hydrogens is 320 g/mol. The van der Waals surface area contributed by atoms with Crippen LogP contribution in [0.5, 0.6) is 0 Å². The molecule has 3 aromatic rings. The SMILES string of the molecule is CCN(c1cccnc1)S(=O)(=O)c1ccc(-c2ccccc2)cc1. The van der Waals surface area contributed by atoms with Crippen LogP contribution in [0.25, 0.3) is 11.1 Å². The Balaban J connectivity index is 1.95. The minimum Gasteiger partial charge on any atom is -0.265 e. The Bertz CT molecular complexity index is 893. The molecule has 0 aliphatic carbocycles. The molecular formula is C19H18N2O2S. The molecule has 122 valence electrons. The van der Waals surface area contributed by atoms with Gasteiger partial charge in [-0.05, 0) is 42.3 Å². The number of hydrogen-bond donors (Lipinski definition) is 0. The molecule has 24 heavy (non-hydrogen) atoms. The third kappa shape index (κ3) is 3.16. The molecule has 0 fully saturated rings. The molecule has 0 atom stereocenters. The molecule has 5 heteroatoms. The maximum absolute atomic E-state index is 12.9. The normalized spacial score (nSPS) is 11.2. The van der Waals surface area contributed by atoms with Crippen LogP contribution in [0.15, 0.2) is 84.0 Å². The largest absolute Gasteiger partial charge is 0.265 e. The minimum atomic E-state index is -3.61. The first kappa shape index (κ1) is 16.2. The van der Waals surface area contributed by atoms with Gasteiger partial charge in [-0.1, -0.05) is 42.5 Å². The van der Waals surface area contributed by atoms with Crippen molar-refractivity contribution in [2.45, 2.75) is 11.8 Å². The van der Waals surface area contributed by atoms with Gasteiger partial charge in [0.15, 0.2) is 0 Å². The van der Waals surface area contributed by atoms with Crippen LogP contribution >= 0.6 is 0 Å². The van der Waals surface area contributed by atoms with E-state index in [2.05, 4.69) is 4.98 Å². The number of nitrogens with zero attached hydrogens (tertiary/aromatic N) is 2. The van der Waals surface area contributed by atoms with E-state index in [0.717, 1.165) is 11.1 Å². The highest BCUT2D eigenvalue weighted by Gasteiger charge is 2.23. The van der Waals surface area contributed by atoms with Crippen LogP contribution in [0.1, 0.15) is 6.92 Å². The number of sulfonamides is 1. The molecule has 0 bridgehead atoms. The van der Waals surface area contributed by atoms with Gasteiger partial charge in [0.25, 0.3) is 10.0 Å². The Hall–Kier alpha value is -2.66. The number of aromatic nitrogens is 1. The van der Waals surface area contributed by atoms with E-state index in [1.165, 1.54) is 4.31 Å². The molecule has 0 aliphatic heterocycles.